The number of rotatable bonds is 5. The molecule has 0 unspecified atom stereocenters. The van der Waals surface area contributed by atoms with Gasteiger partial charge in [0.25, 0.3) is 0 Å². The highest BCUT2D eigenvalue weighted by atomic mass is 32.1. The van der Waals surface area contributed by atoms with Gasteiger partial charge in [-0.3, -0.25) is 5.41 Å². The van der Waals surface area contributed by atoms with Gasteiger partial charge in [-0.2, -0.15) is 0 Å². The fourth-order valence-electron chi connectivity index (χ4n) is 2.10. The lowest BCUT2D eigenvalue weighted by Crippen LogP contribution is -2.26. The summed E-state index contributed by atoms with van der Waals surface area (Å²) in [4.78, 5) is 8.10. The molecule has 0 amide bonds. The van der Waals surface area contributed by atoms with Crippen LogP contribution in [0.25, 0.3) is 0 Å². The van der Waals surface area contributed by atoms with Crippen molar-refractivity contribution < 1.29 is 0 Å². The van der Waals surface area contributed by atoms with E-state index in [4.69, 9.17) is 11.1 Å². The number of nitrogens with one attached hydrogen (secondary N) is 1. The number of amidine groups is 1. The van der Waals surface area contributed by atoms with Crippen molar-refractivity contribution in [2.45, 2.75) is 25.4 Å². The summed E-state index contributed by atoms with van der Waals surface area (Å²) < 4.78 is 0. The Morgan fingerprint density at radius 1 is 1.47 bits per heavy atom. The molecule has 2 aromatic rings. The Hall–Kier alpha value is -1.88. The first-order chi connectivity index (χ1) is 9.24. The summed E-state index contributed by atoms with van der Waals surface area (Å²) in [7, 11) is 0. The zero-order valence-corrected chi connectivity index (χ0v) is 11.4. The normalized spacial score (nSPS) is 14.3. The summed E-state index contributed by atoms with van der Waals surface area (Å²) >= 11 is 1.77. The zero-order valence-electron chi connectivity index (χ0n) is 10.5. The molecule has 1 aliphatic rings. The first kappa shape index (κ1) is 12.2. The number of nitrogens with two attached hydrogens (primary N) is 1. The van der Waals surface area contributed by atoms with Gasteiger partial charge in [-0.25, -0.2) is 4.98 Å². The van der Waals surface area contributed by atoms with Crippen molar-refractivity contribution in [3.05, 3.63) is 46.3 Å². The van der Waals surface area contributed by atoms with Crippen LogP contribution in [0, 0.1) is 5.41 Å². The Kier molecular flexibility index (Phi) is 3.21. The number of nitrogen functional groups attached to an aromatic ring is 1. The van der Waals surface area contributed by atoms with Gasteiger partial charge in [0.05, 0.1) is 6.54 Å². The average molecular weight is 272 g/mol. The Morgan fingerprint density at radius 3 is 2.95 bits per heavy atom. The van der Waals surface area contributed by atoms with Crippen LogP contribution in [0.1, 0.15) is 23.3 Å². The molecule has 0 atom stereocenters. The van der Waals surface area contributed by atoms with Gasteiger partial charge < -0.3 is 10.6 Å². The molecule has 0 aromatic carbocycles. The SMILES string of the molecule is N=C(N)c1ccnc(N(Cc2cccs2)C2CC2)c1. The van der Waals surface area contributed by atoms with Crippen LogP contribution in [0.2, 0.25) is 0 Å². The maximum absolute atomic E-state index is 7.53. The predicted molar refractivity (Wildman–Crippen MR) is 78.8 cm³/mol. The lowest BCUT2D eigenvalue weighted by Gasteiger charge is -2.23. The van der Waals surface area contributed by atoms with Crippen LogP contribution in [0.3, 0.4) is 0 Å². The quantitative estimate of drug-likeness (QED) is 0.649. The van der Waals surface area contributed by atoms with E-state index in [1.165, 1.54) is 17.7 Å². The monoisotopic (exact) mass is 272 g/mol. The Labute approximate surface area is 116 Å². The lowest BCUT2D eigenvalue weighted by atomic mass is 10.2. The van der Waals surface area contributed by atoms with Crippen molar-refractivity contribution in [3.63, 3.8) is 0 Å². The largest absolute Gasteiger partial charge is 0.384 e. The van der Waals surface area contributed by atoms with Crippen LogP contribution in [0.15, 0.2) is 35.8 Å². The molecule has 0 bridgehead atoms. The number of hydrogen-bond acceptors (Lipinski definition) is 4. The van der Waals surface area contributed by atoms with E-state index in [2.05, 4.69) is 27.4 Å². The van der Waals surface area contributed by atoms with Crippen molar-refractivity contribution >= 4 is 23.0 Å². The molecular weight excluding hydrogens is 256 g/mol. The molecule has 1 aliphatic carbocycles. The number of anilines is 1. The maximum Gasteiger partial charge on any atom is 0.129 e. The van der Waals surface area contributed by atoms with E-state index in [1.54, 1.807) is 23.6 Å². The van der Waals surface area contributed by atoms with E-state index in [0.29, 0.717) is 6.04 Å². The van der Waals surface area contributed by atoms with Crippen LogP contribution in [-0.4, -0.2) is 16.9 Å². The molecule has 0 saturated heterocycles. The standard InChI is InChI=1S/C14H16N4S/c15-14(16)10-5-6-17-13(8-10)18(11-3-4-11)9-12-2-1-7-19-12/h1-2,5-8,11H,3-4,9H2,(H3,15,16). The van der Waals surface area contributed by atoms with Crippen molar-refractivity contribution in [1.29, 1.82) is 5.41 Å². The molecule has 0 aliphatic heterocycles. The van der Waals surface area contributed by atoms with Gasteiger partial charge >= 0.3 is 0 Å². The van der Waals surface area contributed by atoms with Crippen molar-refractivity contribution in [2.75, 3.05) is 4.90 Å². The second kappa shape index (κ2) is 5.01. The number of nitrogens with zero attached hydrogens (tertiary/aromatic N) is 2. The molecule has 3 rings (SSSR count). The van der Waals surface area contributed by atoms with Gasteiger partial charge in [0.1, 0.15) is 11.7 Å². The van der Waals surface area contributed by atoms with Crippen molar-refractivity contribution in [1.82, 2.24) is 4.98 Å². The summed E-state index contributed by atoms with van der Waals surface area (Å²) in [5, 5.41) is 9.62. The summed E-state index contributed by atoms with van der Waals surface area (Å²) in [5.74, 6) is 1.01. The minimum absolute atomic E-state index is 0.0931. The highest BCUT2D eigenvalue weighted by Crippen LogP contribution is 2.32. The van der Waals surface area contributed by atoms with E-state index in [0.717, 1.165) is 17.9 Å². The topological polar surface area (TPSA) is 66.0 Å². The summed E-state index contributed by atoms with van der Waals surface area (Å²) in [5.41, 5.74) is 6.29. The van der Waals surface area contributed by atoms with E-state index >= 15 is 0 Å². The zero-order chi connectivity index (χ0) is 13.2. The minimum atomic E-state index is 0.0931. The van der Waals surface area contributed by atoms with Crippen LogP contribution in [-0.2, 0) is 6.54 Å². The molecule has 0 radical (unpaired) electrons. The van der Waals surface area contributed by atoms with Gasteiger partial charge in [-0.15, -0.1) is 11.3 Å². The summed E-state index contributed by atoms with van der Waals surface area (Å²) in [6.07, 6.45) is 4.17. The molecule has 1 saturated carbocycles. The molecule has 0 spiro atoms. The van der Waals surface area contributed by atoms with Gasteiger partial charge in [0.2, 0.25) is 0 Å². The van der Waals surface area contributed by atoms with Crippen molar-refractivity contribution in [2.24, 2.45) is 5.73 Å². The van der Waals surface area contributed by atoms with Gasteiger partial charge in [0, 0.05) is 22.7 Å². The van der Waals surface area contributed by atoms with E-state index in [1.807, 2.05) is 6.07 Å². The molecule has 2 aromatic heterocycles. The molecule has 19 heavy (non-hydrogen) atoms. The van der Waals surface area contributed by atoms with E-state index in [-0.39, 0.29) is 5.84 Å². The number of aromatic nitrogens is 1. The average Bonchev–Trinajstić information content (AvgIpc) is 3.13. The third-order valence-corrected chi connectivity index (χ3v) is 4.11. The van der Waals surface area contributed by atoms with Crippen LogP contribution >= 0.6 is 11.3 Å². The Morgan fingerprint density at radius 2 is 2.32 bits per heavy atom. The molecule has 5 heteroatoms. The highest BCUT2D eigenvalue weighted by Gasteiger charge is 2.30. The van der Waals surface area contributed by atoms with Crippen LogP contribution in [0.4, 0.5) is 5.82 Å². The molecule has 98 valence electrons. The molecule has 1 fully saturated rings. The molecular formula is C14H16N4S. The maximum atomic E-state index is 7.53. The number of thiophene rings is 1. The first-order valence-corrected chi connectivity index (χ1v) is 7.21. The van der Waals surface area contributed by atoms with Gasteiger partial charge in [0.15, 0.2) is 0 Å². The Balaban J connectivity index is 1.87. The van der Waals surface area contributed by atoms with Crippen LogP contribution < -0.4 is 10.6 Å². The number of hydrogen-bond donors (Lipinski definition) is 2. The smallest absolute Gasteiger partial charge is 0.129 e. The lowest BCUT2D eigenvalue weighted by molar-refractivity contribution is 0.786. The predicted octanol–water partition coefficient (Wildman–Crippen LogP) is 2.60. The second-order valence-electron chi connectivity index (χ2n) is 4.75. The fourth-order valence-corrected chi connectivity index (χ4v) is 2.80. The minimum Gasteiger partial charge on any atom is -0.384 e. The van der Waals surface area contributed by atoms with E-state index in [9.17, 15) is 0 Å². The third kappa shape index (κ3) is 2.76. The fraction of sp³-hybridized carbons (Fsp3) is 0.286. The second-order valence-corrected chi connectivity index (χ2v) is 5.79. The van der Waals surface area contributed by atoms with Gasteiger partial charge in [-0.1, -0.05) is 6.07 Å². The van der Waals surface area contributed by atoms with Crippen LogP contribution in [0.5, 0.6) is 0 Å². The summed E-state index contributed by atoms with van der Waals surface area (Å²) in [6, 6.07) is 8.49. The van der Waals surface area contributed by atoms with E-state index < -0.39 is 0 Å². The van der Waals surface area contributed by atoms with Crippen molar-refractivity contribution in [3.8, 4) is 0 Å². The Bertz CT molecular complexity index is 575. The highest BCUT2D eigenvalue weighted by molar-refractivity contribution is 7.09. The third-order valence-electron chi connectivity index (χ3n) is 3.24. The first-order valence-electron chi connectivity index (χ1n) is 6.33. The number of pyridine rings is 1. The molecule has 4 nitrogen and oxygen atoms in total. The van der Waals surface area contributed by atoms with Gasteiger partial charge in [-0.05, 0) is 36.4 Å². The molecule has 3 N–H and O–H groups in total. The summed E-state index contributed by atoms with van der Waals surface area (Å²) in [6.45, 7) is 0.886. The molecule has 2 heterocycles.